The summed E-state index contributed by atoms with van der Waals surface area (Å²) >= 11 is 0. The van der Waals surface area contributed by atoms with Crippen LogP contribution in [-0.4, -0.2) is 56.1 Å². The quantitative estimate of drug-likeness (QED) is 0.876. The molecule has 5 nitrogen and oxygen atoms in total. The van der Waals surface area contributed by atoms with Crippen LogP contribution < -0.4 is 9.47 Å². The van der Waals surface area contributed by atoms with Crippen LogP contribution in [0.3, 0.4) is 0 Å². The van der Waals surface area contributed by atoms with E-state index >= 15 is 0 Å². The molecule has 0 aromatic heterocycles. The fourth-order valence-electron chi connectivity index (χ4n) is 2.03. The van der Waals surface area contributed by atoms with E-state index in [0.29, 0.717) is 24.7 Å². The summed E-state index contributed by atoms with van der Waals surface area (Å²) in [4.78, 5) is 2.21. The van der Waals surface area contributed by atoms with E-state index in [-0.39, 0.29) is 11.9 Å². The van der Waals surface area contributed by atoms with Crippen LogP contribution in [0.15, 0.2) is 18.2 Å². The van der Waals surface area contributed by atoms with Gasteiger partial charge in [-0.05, 0) is 26.1 Å². The molecular formula is C14H21NO4. The van der Waals surface area contributed by atoms with Gasteiger partial charge in [0.1, 0.15) is 18.5 Å². The first-order valence-corrected chi connectivity index (χ1v) is 6.57. The van der Waals surface area contributed by atoms with E-state index in [2.05, 4.69) is 11.9 Å². The minimum Gasteiger partial charge on any atom is -0.508 e. The number of rotatable bonds is 5. The molecule has 0 amide bonds. The molecule has 1 atom stereocenters. The van der Waals surface area contributed by atoms with Gasteiger partial charge in [0.2, 0.25) is 0 Å². The minimum absolute atomic E-state index is 0.0515. The Morgan fingerprint density at radius 1 is 1.37 bits per heavy atom. The van der Waals surface area contributed by atoms with Gasteiger partial charge in [-0.15, -0.1) is 0 Å². The zero-order valence-corrected chi connectivity index (χ0v) is 11.5. The van der Waals surface area contributed by atoms with Crippen molar-refractivity contribution < 1.29 is 19.3 Å². The maximum atomic E-state index is 9.51. The average Bonchev–Trinajstić information content (AvgIpc) is 2.39. The number of benzene rings is 1. The number of ether oxygens (including phenoxy) is 3. The number of hydrogen-bond acceptors (Lipinski definition) is 5. The third kappa shape index (κ3) is 4.01. The molecule has 1 aliphatic heterocycles. The molecule has 1 unspecified atom stereocenters. The van der Waals surface area contributed by atoms with Gasteiger partial charge in [0.05, 0.1) is 13.2 Å². The molecule has 19 heavy (non-hydrogen) atoms. The standard InChI is InChI=1S/C14H21NO4/c1-3-17-13-5-4-11(16)8-14(13)19-10-12-9-15(2)6-7-18-12/h4-5,8,12,16H,3,6-7,9-10H2,1-2H3. The van der Waals surface area contributed by atoms with E-state index in [0.717, 1.165) is 19.7 Å². The topological polar surface area (TPSA) is 51.2 Å². The van der Waals surface area contributed by atoms with E-state index in [1.54, 1.807) is 18.2 Å². The number of hydrogen-bond donors (Lipinski definition) is 1. The van der Waals surface area contributed by atoms with Gasteiger partial charge in [0.15, 0.2) is 11.5 Å². The molecule has 1 aromatic rings. The molecule has 1 fully saturated rings. The van der Waals surface area contributed by atoms with Crippen molar-refractivity contribution in [3.63, 3.8) is 0 Å². The van der Waals surface area contributed by atoms with Crippen LogP contribution in [0, 0.1) is 0 Å². The Bertz CT molecular complexity index is 410. The normalized spacial score (nSPS) is 20.2. The molecule has 0 saturated carbocycles. The van der Waals surface area contributed by atoms with Gasteiger partial charge in [0, 0.05) is 19.2 Å². The molecule has 1 aromatic carbocycles. The highest BCUT2D eigenvalue weighted by atomic mass is 16.5. The number of phenolic OH excluding ortho intramolecular Hbond substituents is 1. The van der Waals surface area contributed by atoms with Crippen LogP contribution in [0.4, 0.5) is 0 Å². The Labute approximate surface area is 113 Å². The minimum atomic E-state index is 0.0515. The van der Waals surface area contributed by atoms with Crippen molar-refractivity contribution in [3.8, 4) is 17.2 Å². The smallest absolute Gasteiger partial charge is 0.164 e. The predicted molar refractivity (Wildman–Crippen MR) is 72.0 cm³/mol. The molecule has 1 aliphatic rings. The molecule has 5 heteroatoms. The van der Waals surface area contributed by atoms with Crippen LogP contribution in [0.2, 0.25) is 0 Å². The van der Waals surface area contributed by atoms with Crippen molar-refractivity contribution in [2.24, 2.45) is 0 Å². The SMILES string of the molecule is CCOc1ccc(O)cc1OCC1CN(C)CCO1. The van der Waals surface area contributed by atoms with E-state index in [1.807, 2.05) is 6.92 Å². The van der Waals surface area contributed by atoms with Crippen molar-refractivity contribution in [3.05, 3.63) is 18.2 Å². The first kappa shape index (κ1) is 14.0. The third-order valence-electron chi connectivity index (χ3n) is 2.99. The molecule has 1 saturated heterocycles. The maximum absolute atomic E-state index is 9.51. The third-order valence-corrected chi connectivity index (χ3v) is 2.99. The lowest BCUT2D eigenvalue weighted by molar-refractivity contribution is -0.0407. The second kappa shape index (κ2) is 6.63. The summed E-state index contributed by atoms with van der Waals surface area (Å²) in [5.41, 5.74) is 0. The van der Waals surface area contributed by atoms with Gasteiger partial charge in [-0.1, -0.05) is 0 Å². The molecule has 106 valence electrons. The fourth-order valence-corrected chi connectivity index (χ4v) is 2.03. The largest absolute Gasteiger partial charge is 0.508 e. The molecular weight excluding hydrogens is 246 g/mol. The number of phenols is 1. The van der Waals surface area contributed by atoms with Crippen LogP contribution in [-0.2, 0) is 4.74 Å². The van der Waals surface area contributed by atoms with Crippen molar-refractivity contribution >= 4 is 0 Å². The van der Waals surface area contributed by atoms with Gasteiger partial charge < -0.3 is 24.2 Å². The van der Waals surface area contributed by atoms with Crippen molar-refractivity contribution in [2.45, 2.75) is 13.0 Å². The highest BCUT2D eigenvalue weighted by Crippen LogP contribution is 2.31. The molecule has 0 aliphatic carbocycles. The lowest BCUT2D eigenvalue weighted by Gasteiger charge is -2.30. The first-order chi connectivity index (χ1) is 9.19. The second-order valence-electron chi connectivity index (χ2n) is 4.63. The molecule has 1 N–H and O–H groups in total. The van der Waals surface area contributed by atoms with Gasteiger partial charge >= 0.3 is 0 Å². The van der Waals surface area contributed by atoms with Gasteiger partial charge in [-0.25, -0.2) is 0 Å². The Hall–Kier alpha value is -1.46. The summed E-state index contributed by atoms with van der Waals surface area (Å²) in [6.07, 6.45) is 0.0515. The van der Waals surface area contributed by atoms with Crippen LogP contribution in [0.25, 0.3) is 0 Å². The van der Waals surface area contributed by atoms with Crippen LogP contribution >= 0.6 is 0 Å². The van der Waals surface area contributed by atoms with Crippen molar-refractivity contribution in [1.82, 2.24) is 4.90 Å². The van der Waals surface area contributed by atoms with E-state index in [4.69, 9.17) is 14.2 Å². The number of nitrogens with zero attached hydrogens (tertiary/aromatic N) is 1. The Kier molecular flexibility index (Phi) is 4.87. The summed E-state index contributed by atoms with van der Waals surface area (Å²) in [6, 6.07) is 4.86. The summed E-state index contributed by atoms with van der Waals surface area (Å²) in [7, 11) is 2.06. The summed E-state index contributed by atoms with van der Waals surface area (Å²) in [5, 5.41) is 9.51. The van der Waals surface area contributed by atoms with Crippen molar-refractivity contribution in [1.29, 1.82) is 0 Å². The molecule has 2 rings (SSSR count). The Balaban J connectivity index is 1.95. The lowest BCUT2D eigenvalue weighted by atomic mass is 10.3. The fraction of sp³-hybridized carbons (Fsp3) is 0.571. The summed E-state index contributed by atoms with van der Waals surface area (Å²) in [6.45, 7) is 5.45. The summed E-state index contributed by atoms with van der Waals surface area (Å²) in [5.74, 6) is 1.36. The van der Waals surface area contributed by atoms with E-state index in [9.17, 15) is 5.11 Å². The van der Waals surface area contributed by atoms with Gasteiger partial charge in [0.25, 0.3) is 0 Å². The van der Waals surface area contributed by atoms with Gasteiger partial charge in [-0.2, -0.15) is 0 Å². The lowest BCUT2D eigenvalue weighted by Crippen LogP contribution is -2.42. The van der Waals surface area contributed by atoms with Crippen LogP contribution in [0.1, 0.15) is 6.92 Å². The molecule has 0 bridgehead atoms. The monoisotopic (exact) mass is 267 g/mol. The van der Waals surface area contributed by atoms with Crippen molar-refractivity contribution in [2.75, 3.05) is 40.0 Å². The second-order valence-corrected chi connectivity index (χ2v) is 4.63. The van der Waals surface area contributed by atoms with E-state index < -0.39 is 0 Å². The molecule has 0 spiro atoms. The predicted octanol–water partition coefficient (Wildman–Crippen LogP) is 1.50. The number of aromatic hydroxyl groups is 1. The summed E-state index contributed by atoms with van der Waals surface area (Å²) < 4.78 is 16.8. The zero-order chi connectivity index (χ0) is 13.7. The maximum Gasteiger partial charge on any atom is 0.164 e. The average molecular weight is 267 g/mol. The zero-order valence-electron chi connectivity index (χ0n) is 11.5. The Morgan fingerprint density at radius 2 is 2.21 bits per heavy atom. The highest BCUT2D eigenvalue weighted by molar-refractivity contribution is 5.45. The molecule has 1 heterocycles. The number of morpholine rings is 1. The van der Waals surface area contributed by atoms with Gasteiger partial charge in [-0.3, -0.25) is 0 Å². The van der Waals surface area contributed by atoms with E-state index in [1.165, 1.54) is 0 Å². The van der Waals surface area contributed by atoms with Crippen LogP contribution in [0.5, 0.6) is 17.2 Å². The molecule has 0 radical (unpaired) electrons. The Morgan fingerprint density at radius 3 is 2.95 bits per heavy atom. The highest BCUT2D eigenvalue weighted by Gasteiger charge is 2.19. The number of likely N-dealkylation sites (N-methyl/N-ethyl adjacent to an activating group) is 1. The first-order valence-electron chi connectivity index (χ1n) is 6.57.